The van der Waals surface area contributed by atoms with Crippen LogP contribution in [0.3, 0.4) is 0 Å². The molecule has 0 bridgehead atoms. The van der Waals surface area contributed by atoms with Gasteiger partial charge in [0.2, 0.25) is 11.8 Å². The highest BCUT2D eigenvalue weighted by Gasteiger charge is 2.59. The van der Waals surface area contributed by atoms with Crippen molar-refractivity contribution in [1.82, 2.24) is 20.2 Å². The normalized spacial score (nSPS) is 32.7. The highest BCUT2D eigenvalue weighted by atomic mass is 31.2. The number of ether oxygens (including phenoxy) is 2. The molecule has 0 radical (unpaired) electrons. The number of nitrogens with one attached hydrogen (secondary N) is 2. The van der Waals surface area contributed by atoms with Crippen LogP contribution in [-0.2, 0) is 37.5 Å². The number of carbonyl (C=O) groups is 3. The van der Waals surface area contributed by atoms with Gasteiger partial charge in [-0.15, -0.1) is 0 Å². The number of anilines is 1. The number of hydrogen-bond donors (Lipinski definition) is 11. The van der Waals surface area contributed by atoms with Crippen molar-refractivity contribution in [1.29, 1.82) is 0 Å². The van der Waals surface area contributed by atoms with Crippen LogP contribution in [0.5, 0.6) is 0 Å². The smallest absolute Gasteiger partial charge is 0.475 e. The first kappa shape index (κ1) is 36.3. The molecule has 2 fully saturated rings. The van der Waals surface area contributed by atoms with E-state index in [2.05, 4.69) is 15.6 Å². The van der Waals surface area contributed by atoms with Crippen LogP contribution >= 0.6 is 7.82 Å². The van der Waals surface area contributed by atoms with E-state index in [0.717, 1.165) is 17.7 Å². The topological polar surface area (TPSA) is 352 Å². The van der Waals surface area contributed by atoms with Gasteiger partial charge in [0.15, 0.2) is 6.23 Å². The molecule has 0 aromatic carbocycles. The summed E-state index contributed by atoms with van der Waals surface area (Å²) in [5.41, 5.74) is 4.45. The van der Waals surface area contributed by atoms with Crippen molar-refractivity contribution in [2.45, 2.75) is 74.1 Å². The zero-order valence-electron chi connectivity index (χ0n) is 23.4. The maximum atomic E-state index is 12.9. The van der Waals surface area contributed by atoms with E-state index in [1.165, 1.54) is 6.07 Å². The SMILES string of the molecule is CC(=O)NCC(=O)NC1C(O)CC(OP(=O)(O)OCC2OC(n3ccc(N)nc3=O)C(O)C2O)(C(=O)O)OC1[C@H](O)[C@H](O)CO. The van der Waals surface area contributed by atoms with Gasteiger partial charge in [0, 0.05) is 19.5 Å². The second kappa shape index (κ2) is 14.5. The summed E-state index contributed by atoms with van der Waals surface area (Å²) >= 11 is 0. The molecule has 254 valence electrons. The van der Waals surface area contributed by atoms with Crippen LogP contribution in [0.2, 0.25) is 0 Å². The van der Waals surface area contributed by atoms with Crippen LogP contribution in [0.1, 0.15) is 19.6 Å². The van der Waals surface area contributed by atoms with Crippen LogP contribution in [0.25, 0.3) is 0 Å². The maximum absolute atomic E-state index is 12.9. The van der Waals surface area contributed by atoms with Gasteiger partial charge >= 0.3 is 19.5 Å². The fraction of sp³-hybridized carbons (Fsp3) is 0.682. The maximum Gasteiger partial charge on any atom is 0.475 e. The lowest BCUT2D eigenvalue weighted by atomic mass is 9.88. The Kier molecular flexibility index (Phi) is 11.7. The van der Waals surface area contributed by atoms with Crippen molar-refractivity contribution in [3.8, 4) is 0 Å². The van der Waals surface area contributed by atoms with E-state index in [1.807, 2.05) is 0 Å². The molecule has 23 heteroatoms. The van der Waals surface area contributed by atoms with Gasteiger partial charge in [-0.2, -0.15) is 4.98 Å². The third kappa shape index (κ3) is 8.58. The number of aliphatic hydroxyl groups is 6. The molecule has 9 unspecified atom stereocenters. The fourth-order valence-electron chi connectivity index (χ4n) is 4.52. The Hall–Kier alpha value is -3.12. The van der Waals surface area contributed by atoms with Gasteiger partial charge in [0.25, 0.3) is 5.79 Å². The van der Waals surface area contributed by atoms with Crippen molar-refractivity contribution < 1.29 is 78.1 Å². The van der Waals surface area contributed by atoms with Crippen LogP contribution < -0.4 is 22.1 Å². The Bertz CT molecular complexity index is 1350. The molecular formula is C22H34N5O17P. The number of nitrogen functional groups attached to an aromatic ring is 1. The second-order valence-electron chi connectivity index (χ2n) is 10.1. The van der Waals surface area contributed by atoms with Crippen LogP contribution in [0, 0.1) is 0 Å². The van der Waals surface area contributed by atoms with Gasteiger partial charge in [-0.05, 0) is 6.07 Å². The van der Waals surface area contributed by atoms with E-state index in [4.69, 9.17) is 24.3 Å². The minimum Gasteiger partial charge on any atom is -0.477 e. The average Bonchev–Trinajstić information content (AvgIpc) is 3.23. The summed E-state index contributed by atoms with van der Waals surface area (Å²) in [6.45, 7) is -1.68. The van der Waals surface area contributed by atoms with Crippen molar-refractivity contribution in [2.75, 3.05) is 25.5 Å². The molecule has 1 aromatic heterocycles. The number of aliphatic hydroxyl groups excluding tert-OH is 6. The van der Waals surface area contributed by atoms with Crippen LogP contribution in [0.4, 0.5) is 5.82 Å². The van der Waals surface area contributed by atoms with Gasteiger partial charge in [-0.25, -0.2) is 18.7 Å². The highest BCUT2D eigenvalue weighted by Crippen LogP contribution is 2.51. The molecule has 1 aromatic rings. The number of rotatable bonds is 13. The number of carbonyl (C=O) groups excluding carboxylic acids is 2. The molecule has 12 N–H and O–H groups in total. The average molecular weight is 672 g/mol. The summed E-state index contributed by atoms with van der Waals surface area (Å²) in [6.07, 6.45) is -15.2. The van der Waals surface area contributed by atoms with Gasteiger partial charge < -0.3 is 66.5 Å². The van der Waals surface area contributed by atoms with Crippen LogP contribution in [-0.4, -0.2) is 142 Å². The molecule has 11 atom stereocenters. The van der Waals surface area contributed by atoms with Gasteiger partial charge in [-0.3, -0.25) is 18.7 Å². The lowest BCUT2D eigenvalue weighted by Crippen LogP contribution is -2.68. The summed E-state index contributed by atoms with van der Waals surface area (Å²) in [4.78, 5) is 61.7. The van der Waals surface area contributed by atoms with Crippen molar-refractivity contribution in [3.05, 3.63) is 22.7 Å². The number of phosphoric ester groups is 1. The Labute approximate surface area is 252 Å². The van der Waals surface area contributed by atoms with Gasteiger partial charge in [-0.1, -0.05) is 0 Å². The molecule has 0 saturated carbocycles. The monoisotopic (exact) mass is 671 g/mol. The standard InChI is InChI=1S/C22H34N5O17P/c1-8(29)24-5-13(32)26-14-9(30)4-22(20(36)37,43-18(14)15(33)10(31)6-28)44-45(39,40)41-7-11-16(34)17(35)19(42-11)27-3-2-12(23)25-21(27)38/h2-3,9-11,14-19,28,30-31,33-35H,4-7H2,1H3,(H,24,29)(H,26,32)(H,36,37)(H,39,40)(H2,23,25,38)/t9?,10-,11?,14?,15-,16?,17?,18?,19?,22?/m1/s1. The first-order valence-electron chi connectivity index (χ1n) is 13.1. The van der Waals surface area contributed by atoms with E-state index in [1.54, 1.807) is 0 Å². The van der Waals surface area contributed by atoms with Crippen molar-refractivity contribution in [3.63, 3.8) is 0 Å². The zero-order valence-corrected chi connectivity index (χ0v) is 24.2. The second-order valence-corrected chi connectivity index (χ2v) is 11.5. The van der Waals surface area contributed by atoms with Gasteiger partial charge in [0.05, 0.1) is 31.9 Å². The molecule has 45 heavy (non-hydrogen) atoms. The number of aliphatic carboxylic acids is 1. The van der Waals surface area contributed by atoms with Crippen molar-refractivity contribution in [2.24, 2.45) is 0 Å². The highest BCUT2D eigenvalue weighted by molar-refractivity contribution is 7.47. The molecule has 3 rings (SSSR count). The summed E-state index contributed by atoms with van der Waals surface area (Å²) in [7, 11) is -5.59. The third-order valence-corrected chi connectivity index (χ3v) is 7.77. The first-order chi connectivity index (χ1) is 20.9. The quantitative estimate of drug-likeness (QED) is 0.0869. The predicted molar refractivity (Wildman–Crippen MR) is 141 cm³/mol. The molecule has 22 nitrogen and oxygen atoms in total. The molecule has 2 aliphatic rings. The Morgan fingerprint density at radius 3 is 2.51 bits per heavy atom. The Balaban J connectivity index is 1.79. The molecule has 3 heterocycles. The number of nitrogens with zero attached hydrogens (tertiary/aromatic N) is 2. The molecule has 2 saturated heterocycles. The lowest BCUT2D eigenvalue weighted by Gasteiger charge is -2.46. The Morgan fingerprint density at radius 1 is 1.27 bits per heavy atom. The summed E-state index contributed by atoms with van der Waals surface area (Å²) < 4.78 is 33.9. The van der Waals surface area contributed by atoms with E-state index < -0.39 is 118 Å². The lowest BCUT2D eigenvalue weighted by molar-refractivity contribution is -0.289. The summed E-state index contributed by atoms with van der Waals surface area (Å²) in [6, 6.07) is -0.528. The fourth-order valence-corrected chi connectivity index (χ4v) is 5.48. The van der Waals surface area contributed by atoms with Gasteiger partial charge in [0.1, 0.15) is 42.4 Å². The van der Waals surface area contributed by atoms with Crippen molar-refractivity contribution >= 4 is 31.4 Å². The third-order valence-electron chi connectivity index (χ3n) is 6.77. The number of carboxylic acid groups (broad SMARTS) is 1. The number of carboxylic acids is 1. The summed E-state index contributed by atoms with van der Waals surface area (Å²) in [5.74, 6) is -7.14. The van der Waals surface area contributed by atoms with E-state index in [9.17, 15) is 64.4 Å². The zero-order chi connectivity index (χ0) is 33.9. The number of amides is 2. The molecular weight excluding hydrogens is 637 g/mol. The summed E-state index contributed by atoms with van der Waals surface area (Å²) in [5, 5.41) is 75.5. The molecule has 0 aliphatic carbocycles. The van der Waals surface area contributed by atoms with E-state index in [-0.39, 0.29) is 5.82 Å². The Morgan fingerprint density at radius 2 is 1.93 bits per heavy atom. The molecule has 0 spiro atoms. The minimum absolute atomic E-state index is 0.149. The number of phosphoric acid groups is 1. The molecule has 2 amide bonds. The van der Waals surface area contributed by atoms with E-state index in [0.29, 0.717) is 0 Å². The van der Waals surface area contributed by atoms with E-state index >= 15 is 0 Å². The molecule has 2 aliphatic heterocycles. The first-order valence-corrected chi connectivity index (χ1v) is 14.5. The largest absolute Gasteiger partial charge is 0.477 e. The van der Waals surface area contributed by atoms with Crippen LogP contribution in [0.15, 0.2) is 17.1 Å². The number of nitrogens with two attached hydrogens (primary N) is 1. The predicted octanol–water partition coefficient (Wildman–Crippen LogP) is -6.16. The number of hydrogen-bond acceptors (Lipinski definition) is 17. The number of aromatic nitrogens is 2. The minimum atomic E-state index is -5.59.